The lowest BCUT2D eigenvalue weighted by molar-refractivity contribution is -0.151. The van der Waals surface area contributed by atoms with Gasteiger partial charge in [-0.2, -0.15) is 0 Å². The third-order valence-electron chi connectivity index (χ3n) is 8.66. The molecule has 4 aliphatic carbocycles. The standard InChI is InChI=1S/C20H32O2/c1-18(22)10-11-19(2)13(12-18)4-5-14-15-6-7-17(21)20(15,3)9-8-16(14)19/h13-16,22H,4-12H2,1-3H3/t13?,14-,15-,16-,18+,19-,20-/m0/s1. The normalized spacial score (nSPS) is 57.9. The minimum atomic E-state index is -0.441. The van der Waals surface area contributed by atoms with Crippen LogP contribution in [0.15, 0.2) is 0 Å². The quantitative estimate of drug-likeness (QED) is 0.722. The van der Waals surface area contributed by atoms with Crippen LogP contribution >= 0.6 is 0 Å². The van der Waals surface area contributed by atoms with Crippen LogP contribution in [0, 0.1) is 34.5 Å². The van der Waals surface area contributed by atoms with E-state index in [4.69, 9.17) is 0 Å². The SMILES string of the molecule is C[C@@]1(O)CC[C@@]2(C)C(CC[C@@H]3[C@@H]2CC[C@]2(C)C(=O)CC[C@@H]32)C1. The van der Waals surface area contributed by atoms with Crippen LogP contribution in [-0.2, 0) is 4.79 Å². The van der Waals surface area contributed by atoms with Gasteiger partial charge in [-0.1, -0.05) is 13.8 Å². The first-order chi connectivity index (χ1) is 10.3. The molecule has 0 radical (unpaired) electrons. The zero-order valence-corrected chi connectivity index (χ0v) is 14.5. The molecular weight excluding hydrogens is 272 g/mol. The molecule has 0 aromatic rings. The molecule has 4 saturated carbocycles. The van der Waals surface area contributed by atoms with Gasteiger partial charge in [0.2, 0.25) is 0 Å². The van der Waals surface area contributed by atoms with E-state index in [-0.39, 0.29) is 5.41 Å². The van der Waals surface area contributed by atoms with Crippen LogP contribution < -0.4 is 0 Å². The molecule has 0 aromatic carbocycles. The summed E-state index contributed by atoms with van der Waals surface area (Å²) in [5.41, 5.74) is -0.0217. The molecule has 1 unspecified atom stereocenters. The fraction of sp³-hybridized carbons (Fsp3) is 0.950. The molecule has 0 amide bonds. The molecule has 2 heteroatoms. The van der Waals surface area contributed by atoms with Crippen molar-refractivity contribution in [1.29, 1.82) is 0 Å². The van der Waals surface area contributed by atoms with E-state index in [9.17, 15) is 9.90 Å². The maximum atomic E-state index is 12.4. The molecule has 0 saturated heterocycles. The van der Waals surface area contributed by atoms with E-state index < -0.39 is 5.60 Å². The lowest BCUT2D eigenvalue weighted by Crippen LogP contribution is -2.55. The van der Waals surface area contributed by atoms with Crippen molar-refractivity contribution in [1.82, 2.24) is 0 Å². The van der Waals surface area contributed by atoms with Crippen LogP contribution in [0.3, 0.4) is 0 Å². The predicted molar refractivity (Wildman–Crippen MR) is 87.4 cm³/mol. The smallest absolute Gasteiger partial charge is 0.139 e. The van der Waals surface area contributed by atoms with Gasteiger partial charge in [0.05, 0.1) is 5.60 Å². The highest BCUT2D eigenvalue weighted by Gasteiger charge is 2.60. The Morgan fingerprint density at radius 1 is 0.955 bits per heavy atom. The molecule has 0 aromatic heterocycles. The van der Waals surface area contributed by atoms with Crippen molar-refractivity contribution < 1.29 is 9.90 Å². The van der Waals surface area contributed by atoms with Gasteiger partial charge in [0.25, 0.3) is 0 Å². The molecule has 2 nitrogen and oxygen atoms in total. The van der Waals surface area contributed by atoms with Crippen molar-refractivity contribution >= 4 is 5.78 Å². The van der Waals surface area contributed by atoms with Gasteiger partial charge < -0.3 is 5.11 Å². The first-order valence-electron chi connectivity index (χ1n) is 9.52. The van der Waals surface area contributed by atoms with Gasteiger partial charge in [0, 0.05) is 11.8 Å². The Labute approximate surface area is 135 Å². The molecular formula is C20H32O2. The Hall–Kier alpha value is -0.370. The third kappa shape index (κ3) is 1.92. The summed E-state index contributed by atoms with van der Waals surface area (Å²) in [6.07, 6.45) is 10.1. The molecule has 0 spiro atoms. The van der Waals surface area contributed by atoms with Crippen LogP contribution in [-0.4, -0.2) is 16.5 Å². The number of hydrogen-bond acceptors (Lipinski definition) is 2. The van der Waals surface area contributed by atoms with Crippen LogP contribution in [0.2, 0.25) is 0 Å². The Morgan fingerprint density at radius 2 is 1.73 bits per heavy atom. The van der Waals surface area contributed by atoms with Crippen molar-refractivity contribution in [2.75, 3.05) is 0 Å². The van der Waals surface area contributed by atoms with Crippen molar-refractivity contribution in [3.05, 3.63) is 0 Å². The summed E-state index contributed by atoms with van der Waals surface area (Å²) >= 11 is 0. The van der Waals surface area contributed by atoms with Gasteiger partial charge >= 0.3 is 0 Å². The summed E-state index contributed by atoms with van der Waals surface area (Å²) in [4.78, 5) is 12.4. The largest absolute Gasteiger partial charge is 0.390 e. The van der Waals surface area contributed by atoms with Crippen LogP contribution in [0.1, 0.15) is 78.6 Å². The van der Waals surface area contributed by atoms with Gasteiger partial charge in [0.15, 0.2) is 0 Å². The zero-order valence-electron chi connectivity index (χ0n) is 14.5. The van der Waals surface area contributed by atoms with Crippen LogP contribution in [0.4, 0.5) is 0 Å². The Kier molecular flexibility index (Phi) is 3.16. The van der Waals surface area contributed by atoms with Gasteiger partial charge in [-0.3, -0.25) is 4.79 Å². The average molecular weight is 304 g/mol. The van der Waals surface area contributed by atoms with Gasteiger partial charge in [-0.15, -0.1) is 0 Å². The van der Waals surface area contributed by atoms with Crippen LogP contribution in [0.25, 0.3) is 0 Å². The lowest BCUT2D eigenvalue weighted by Gasteiger charge is -2.61. The number of ketones is 1. The number of hydrogen-bond donors (Lipinski definition) is 1. The molecule has 0 heterocycles. The summed E-state index contributed by atoms with van der Waals surface area (Å²) in [7, 11) is 0. The van der Waals surface area contributed by atoms with Gasteiger partial charge in [0.1, 0.15) is 5.78 Å². The Bertz CT molecular complexity index is 496. The highest BCUT2D eigenvalue weighted by atomic mass is 16.3. The lowest BCUT2D eigenvalue weighted by atomic mass is 9.44. The summed E-state index contributed by atoms with van der Waals surface area (Å²) in [6, 6.07) is 0. The Morgan fingerprint density at radius 3 is 2.50 bits per heavy atom. The summed E-state index contributed by atoms with van der Waals surface area (Å²) in [5, 5.41) is 10.5. The fourth-order valence-corrected chi connectivity index (χ4v) is 7.20. The third-order valence-corrected chi connectivity index (χ3v) is 8.66. The molecule has 124 valence electrons. The molecule has 22 heavy (non-hydrogen) atoms. The highest BCUT2D eigenvalue weighted by Crippen LogP contribution is 2.66. The number of fused-ring (bicyclic) bond motifs is 5. The van der Waals surface area contributed by atoms with Crippen molar-refractivity contribution in [3.8, 4) is 0 Å². The van der Waals surface area contributed by atoms with Crippen molar-refractivity contribution in [2.45, 2.75) is 84.2 Å². The molecule has 1 N–H and O–H groups in total. The van der Waals surface area contributed by atoms with Gasteiger partial charge in [-0.05, 0) is 87.4 Å². The van der Waals surface area contributed by atoms with E-state index in [1.807, 2.05) is 6.92 Å². The topological polar surface area (TPSA) is 37.3 Å². The summed E-state index contributed by atoms with van der Waals surface area (Å²) < 4.78 is 0. The minimum Gasteiger partial charge on any atom is -0.390 e. The molecule has 4 rings (SSSR count). The zero-order chi connectivity index (χ0) is 15.8. The molecule has 4 fully saturated rings. The van der Waals surface area contributed by atoms with E-state index in [1.165, 1.54) is 25.7 Å². The van der Waals surface area contributed by atoms with E-state index in [0.29, 0.717) is 23.0 Å². The molecule has 7 atom stereocenters. The van der Waals surface area contributed by atoms with Crippen LogP contribution in [0.5, 0.6) is 0 Å². The van der Waals surface area contributed by atoms with Gasteiger partial charge in [-0.25, -0.2) is 0 Å². The van der Waals surface area contributed by atoms with Crippen molar-refractivity contribution in [3.63, 3.8) is 0 Å². The summed E-state index contributed by atoms with van der Waals surface area (Å²) in [6.45, 7) is 6.82. The Balaban J connectivity index is 1.63. The predicted octanol–water partition coefficient (Wildman–Crippen LogP) is 4.35. The minimum absolute atomic E-state index is 0.00449. The monoisotopic (exact) mass is 304 g/mol. The number of carbonyl (C=O) groups is 1. The number of rotatable bonds is 0. The number of carbonyl (C=O) groups excluding carboxylic acids is 1. The highest BCUT2D eigenvalue weighted by molar-refractivity contribution is 5.87. The second-order valence-corrected chi connectivity index (χ2v) is 9.78. The summed E-state index contributed by atoms with van der Waals surface area (Å²) in [5.74, 6) is 3.47. The number of Topliss-reactive ketones (excluding diaryl/α,β-unsaturated/α-hetero) is 1. The average Bonchev–Trinajstić information content (AvgIpc) is 2.76. The second-order valence-electron chi connectivity index (χ2n) is 9.78. The maximum absolute atomic E-state index is 12.4. The van der Waals surface area contributed by atoms with Crippen molar-refractivity contribution in [2.24, 2.45) is 34.5 Å². The van der Waals surface area contributed by atoms with E-state index in [1.54, 1.807) is 0 Å². The molecule has 0 bridgehead atoms. The fourth-order valence-electron chi connectivity index (χ4n) is 7.20. The van der Waals surface area contributed by atoms with E-state index >= 15 is 0 Å². The first kappa shape index (κ1) is 15.2. The van der Waals surface area contributed by atoms with E-state index in [0.717, 1.165) is 43.9 Å². The molecule has 4 aliphatic rings. The number of aliphatic hydroxyl groups is 1. The van der Waals surface area contributed by atoms with E-state index in [2.05, 4.69) is 13.8 Å². The second kappa shape index (κ2) is 4.59. The first-order valence-corrected chi connectivity index (χ1v) is 9.52. The molecule has 0 aliphatic heterocycles. The maximum Gasteiger partial charge on any atom is 0.139 e.